The van der Waals surface area contributed by atoms with Crippen LogP contribution in [0.15, 0.2) is 24.3 Å². The van der Waals surface area contributed by atoms with Gasteiger partial charge in [-0.25, -0.2) is 9.37 Å². The number of aromatic nitrogens is 3. The van der Waals surface area contributed by atoms with Crippen molar-refractivity contribution in [1.29, 1.82) is 0 Å². The average molecular weight is 431 g/mol. The zero-order chi connectivity index (χ0) is 22.7. The minimum atomic E-state index is -0.818. The number of ether oxygens (including phenoxy) is 2. The zero-order valence-corrected chi connectivity index (χ0v) is 17.8. The van der Waals surface area contributed by atoms with Gasteiger partial charge in [-0.1, -0.05) is 0 Å². The summed E-state index contributed by atoms with van der Waals surface area (Å²) in [6, 6.07) is 5.71. The number of carbonyl (C=O) groups is 1. The summed E-state index contributed by atoms with van der Waals surface area (Å²) in [5, 5.41) is 11.0. The largest absolute Gasteiger partial charge is 0.479 e. The number of nitrogens with one attached hydrogen (secondary N) is 2. The second-order valence-electron chi connectivity index (χ2n) is 7.13. The van der Waals surface area contributed by atoms with E-state index >= 15 is 0 Å². The highest BCUT2D eigenvalue weighted by Crippen LogP contribution is 2.30. The predicted molar refractivity (Wildman–Crippen MR) is 116 cm³/mol. The first-order valence-corrected chi connectivity index (χ1v) is 9.54. The Morgan fingerprint density at radius 1 is 1.29 bits per heavy atom. The van der Waals surface area contributed by atoms with Crippen molar-refractivity contribution in [2.45, 2.75) is 19.0 Å². The highest BCUT2D eigenvalue weighted by atomic mass is 19.1. The van der Waals surface area contributed by atoms with Crippen molar-refractivity contribution >= 4 is 34.1 Å². The van der Waals surface area contributed by atoms with E-state index in [2.05, 4.69) is 20.7 Å². The smallest absolute Gasteiger partial charge is 0.252 e. The molecule has 0 saturated heterocycles. The number of hydrogen-bond donors (Lipinski definition) is 4. The number of primary amides is 1. The van der Waals surface area contributed by atoms with Gasteiger partial charge in [0.2, 0.25) is 5.88 Å². The van der Waals surface area contributed by atoms with Gasteiger partial charge in [-0.15, -0.1) is 5.10 Å². The predicted octanol–water partition coefficient (Wildman–Crippen LogP) is 1.73. The first-order chi connectivity index (χ1) is 14.7. The Morgan fingerprint density at radius 3 is 2.65 bits per heavy atom. The van der Waals surface area contributed by atoms with Crippen LogP contribution in [0.1, 0.15) is 17.3 Å². The highest BCUT2D eigenvalue weighted by Gasteiger charge is 2.21. The van der Waals surface area contributed by atoms with Gasteiger partial charge in [0.25, 0.3) is 5.91 Å². The molecule has 0 aliphatic heterocycles. The molecule has 2 heterocycles. The SMILES string of the molecule is COC[C@@H](Nc1nc(Nc2ccc3c(c2)c(OC)nn3C)c(C(N)=O)cc1F)[C@H](C)N. The Kier molecular flexibility index (Phi) is 6.56. The molecule has 0 bridgehead atoms. The second-order valence-corrected chi connectivity index (χ2v) is 7.13. The van der Waals surface area contributed by atoms with Gasteiger partial charge in [0.15, 0.2) is 11.6 Å². The van der Waals surface area contributed by atoms with Crippen molar-refractivity contribution in [2.24, 2.45) is 18.5 Å². The number of methoxy groups -OCH3 is 2. The number of anilines is 3. The molecule has 3 aromatic rings. The van der Waals surface area contributed by atoms with Crippen molar-refractivity contribution < 1.29 is 18.7 Å². The van der Waals surface area contributed by atoms with E-state index in [1.807, 2.05) is 6.07 Å². The van der Waals surface area contributed by atoms with E-state index in [9.17, 15) is 9.18 Å². The maximum atomic E-state index is 14.6. The van der Waals surface area contributed by atoms with Crippen molar-refractivity contribution in [3.8, 4) is 5.88 Å². The Bertz CT molecular complexity index is 1100. The number of halogens is 1. The topological polar surface area (TPSA) is 142 Å². The highest BCUT2D eigenvalue weighted by molar-refractivity contribution is 5.99. The average Bonchev–Trinajstić information content (AvgIpc) is 3.04. The number of fused-ring (bicyclic) bond motifs is 1. The van der Waals surface area contributed by atoms with Crippen LogP contribution in [0.5, 0.6) is 5.88 Å². The lowest BCUT2D eigenvalue weighted by Gasteiger charge is -2.23. The molecular formula is C20H26FN7O3. The summed E-state index contributed by atoms with van der Waals surface area (Å²) >= 11 is 0. The minimum Gasteiger partial charge on any atom is -0.479 e. The maximum Gasteiger partial charge on any atom is 0.252 e. The Hall–Kier alpha value is -3.44. The van der Waals surface area contributed by atoms with E-state index in [-0.39, 0.29) is 29.8 Å². The molecule has 0 saturated carbocycles. The number of pyridine rings is 1. The van der Waals surface area contributed by atoms with Gasteiger partial charge >= 0.3 is 0 Å². The van der Waals surface area contributed by atoms with Gasteiger partial charge in [0.1, 0.15) is 5.82 Å². The van der Waals surface area contributed by atoms with Crippen LogP contribution < -0.4 is 26.8 Å². The molecule has 1 amide bonds. The molecule has 10 nitrogen and oxygen atoms in total. The van der Waals surface area contributed by atoms with Crippen LogP contribution in [0.3, 0.4) is 0 Å². The molecule has 11 heteroatoms. The summed E-state index contributed by atoms with van der Waals surface area (Å²) < 4.78 is 26.8. The maximum absolute atomic E-state index is 14.6. The summed E-state index contributed by atoms with van der Waals surface area (Å²) in [4.78, 5) is 16.2. The third-order valence-corrected chi connectivity index (χ3v) is 4.82. The van der Waals surface area contributed by atoms with E-state index in [1.54, 1.807) is 30.8 Å². The van der Waals surface area contributed by atoms with E-state index < -0.39 is 17.8 Å². The third-order valence-electron chi connectivity index (χ3n) is 4.82. The molecular weight excluding hydrogens is 405 g/mol. The van der Waals surface area contributed by atoms with Crippen molar-refractivity contribution in [3.63, 3.8) is 0 Å². The lowest BCUT2D eigenvalue weighted by atomic mass is 10.1. The number of nitrogens with two attached hydrogens (primary N) is 2. The van der Waals surface area contributed by atoms with Gasteiger partial charge in [-0.3, -0.25) is 9.48 Å². The van der Waals surface area contributed by atoms with Crippen LogP contribution in [0.4, 0.5) is 21.7 Å². The van der Waals surface area contributed by atoms with E-state index in [1.165, 1.54) is 14.2 Å². The summed E-state index contributed by atoms with van der Waals surface area (Å²) in [5.41, 5.74) is 12.7. The van der Waals surface area contributed by atoms with Gasteiger partial charge < -0.3 is 31.6 Å². The number of aryl methyl sites for hydroxylation is 1. The quantitative estimate of drug-likeness (QED) is 0.401. The molecule has 2 atom stereocenters. The van der Waals surface area contributed by atoms with E-state index in [0.717, 1.165) is 17.0 Å². The molecule has 2 aromatic heterocycles. The molecule has 31 heavy (non-hydrogen) atoms. The van der Waals surface area contributed by atoms with Crippen molar-refractivity contribution in [3.05, 3.63) is 35.6 Å². The molecule has 6 N–H and O–H groups in total. The Labute approximate surface area is 178 Å². The fraction of sp³-hybridized carbons (Fsp3) is 0.350. The van der Waals surface area contributed by atoms with Gasteiger partial charge in [0, 0.05) is 25.9 Å². The van der Waals surface area contributed by atoms with Crippen LogP contribution in [0.2, 0.25) is 0 Å². The van der Waals surface area contributed by atoms with Crippen LogP contribution >= 0.6 is 0 Å². The molecule has 0 spiro atoms. The molecule has 0 aliphatic carbocycles. The summed E-state index contributed by atoms with van der Waals surface area (Å²) in [6.45, 7) is 2.01. The zero-order valence-electron chi connectivity index (χ0n) is 17.8. The third kappa shape index (κ3) is 4.67. The monoisotopic (exact) mass is 431 g/mol. The van der Waals surface area contributed by atoms with Gasteiger partial charge in [0.05, 0.1) is 36.2 Å². The number of benzene rings is 1. The van der Waals surface area contributed by atoms with Crippen molar-refractivity contribution in [2.75, 3.05) is 31.5 Å². The fourth-order valence-electron chi connectivity index (χ4n) is 3.15. The second kappa shape index (κ2) is 9.14. The first-order valence-electron chi connectivity index (χ1n) is 9.54. The molecule has 166 valence electrons. The molecule has 0 aliphatic rings. The number of amides is 1. The number of carbonyl (C=O) groups excluding carboxylic acids is 1. The Morgan fingerprint density at radius 2 is 2.03 bits per heavy atom. The number of hydrogen-bond acceptors (Lipinski definition) is 8. The van der Waals surface area contributed by atoms with Crippen molar-refractivity contribution in [1.82, 2.24) is 14.8 Å². The van der Waals surface area contributed by atoms with Crippen LogP contribution in [-0.2, 0) is 11.8 Å². The van der Waals surface area contributed by atoms with Gasteiger partial charge in [-0.2, -0.15) is 0 Å². The van der Waals surface area contributed by atoms with E-state index in [0.29, 0.717) is 11.6 Å². The normalized spacial score (nSPS) is 13.1. The minimum absolute atomic E-state index is 0.0770. The van der Waals surface area contributed by atoms with E-state index in [4.69, 9.17) is 20.9 Å². The molecule has 0 radical (unpaired) electrons. The number of nitrogens with zero attached hydrogens (tertiary/aromatic N) is 3. The standard InChI is InChI=1S/C20H26FN7O3/c1-10(22)15(9-30-3)25-19-14(21)8-13(17(23)29)18(26-19)24-11-5-6-16-12(7-11)20(31-4)27-28(16)2/h5-8,10,15H,9,22H2,1-4H3,(H2,23,29)(H2,24,25,26)/t10-,15+/m0/s1. The molecule has 1 aromatic carbocycles. The molecule has 3 rings (SSSR count). The fourth-order valence-corrected chi connectivity index (χ4v) is 3.15. The van der Waals surface area contributed by atoms with Crippen LogP contribution in [0, 0.1) is 5.82 Å². The summed E-state index contributed by atoms with van der Waals surface area (Å²) in [5.74, 6) is -1.08. The lowest BCUT2D eigenvalue weighted by Crippen LogP contribution is -2.41. The summed E-state index contributed by atoms with van der Waals surface area (Å²) in [6.07, 6.45) is 0. The van der Waals surface area contributed by atoms with Crippen LogP contribution in [-0.4, -0.2) is 53.6 Å². The number of rotatable bonds is 9. The van der Waals surface area contributed by atoms with Gasteiger partial charge in [-0.05, 0) is 31.2 Å². The summed E-state index contributed by atoms with van der Waals surface area (Å²) in [7, 11) is 4.85. The van der Waals surface area contributed by atoms with Crippen LogP contribution in [0.25, 0.3) is 10.9 Å². The molecule has 0 unspecified atom stereocenters. The first kappa shape index (κ1) is 22.2. The Balaban J connectivity index is 2.01. The lowest BCUT2D eigenvalue weighted by molar-refractivity contribution is 0.100. The molecule has 0 fully saturated rings.